The zero-order valence-electron chi connectivity index (χ0n) is 14.7. The lowest BCUT2D eigenvalue weighted by Gasteiger charge is -2.37. The summed E-state index contributed by atoms with van der Waals surface area (Å²) in [6.45, 7) is 2.08. The average Bonchev–Trinajstić information content (AvgIpc) is 3.34. The standard InChI is InChI=1S/C20H23N3O3/c24-20(23-9-4-10-23)18-14-8-7-13(11-14)17(18)19-21-16(22-26-19)12-25-15-5-2-1-3-6-15/h1-3,5-6,13-14,17-18H,4,7-12H2/t13-,14+,17+,18+/m1/s1. The minimum absolute atomic E-state index is 0.0254. The minimum atomic E-state index is 0.0254. The molecular weight excluding hydrogens is 330 g/mol. The third kappa shape index (κ3) is 2.68. The van der Waals surface area contributed by atoms with Gasteiger partial charge in [0.1, 0.15) is 5.75 Å². The lowest BCUT2D eigenvalue weighted by atomic mass is 9.78. The molecule has 2 aliphatic carbocycles. The maximum absolute atomic E-state index is 12.9. The normalized spacial score (nSPS) is 29.6. The molecule has 0 spiro atoms. The number of amides is 1. The van der Waals surface area contributed by atoms with Crippen molar-refractivity contribution in [2.75, 3.05) is 13.1 Å². The second kappa shape index (κ2) is 6.41. The molecule has 1 aromatic carbocycles. The van der Waals surface area contributed by atoms with Crippen molar-refractivity contribution in [3.63, 3.8) is 0 Å². The molecule has 136 valence electrons. The summed E-state index contributed by atoms with van der Waals surface area (Å²) in [5, 5.41) is 4.10. The monoisotopic (exact) mass is 353 g/mol. The van der Waals surface area contributed by atoms with E-state index in [-0.39, 0.29) is 18.4 Å². The van der Waals surface area contributed by atoms with Crippen molar-refractivity contribution in [1.29, 1.82) is 0 Å². The van der Waals surface area contributed by atoms with Gasteiger partial charge in [-0.05, 0) is 49.7 Å². The number of nitrogens with zero attached hydrogens (tertiary/aromatic N) is 3. The second-order valence-corrected chi connectivity index (χ2v) is 7.71. The Morgan fingerprint density at radius 2 is 2.00 bits per heavy atom. The molecule has 26 heavy (non-hydrogen) atoms. The molecule has 6 nitrogen and oxygen atoms in total. The van der Waals surface area contributed by atoms with Crippen LogP contribution < -0.4 is 4.74 Å². The van der Waals surface area contributed by atoms with Crippen molar-refractivity contribution in [2.45, 2.75) is 38.2 Å². The fraction of sp³-hybridized carbons (Fsp3) is 0.550. The topological polar surface area (TPSA) is 68.5 Å². The van der Waals surface area contributed by atoms with Crippen LogP contribution in [0.4, 0.5) is 0 Å². The highest BCUT2D eigenvalue weighted by Crippen LogP contribution is 2.57. The van der Waals surface area contributed by atoms with Crippen molar-refractivity contribution in [3.8, 4) is 5.75 Å². The van der Waals surface area contributed by atoms with Crippen LogP contribution >= 0.6 is 0 Å². The maximum Gasteiger partial charge on any atom is 0.230 e. The number of fused-ring (bicyclic) bond motifs is 2. The Morgan fingerprint density at radius 3 is 2.77 bits per heavy atom. The van der Waals surface area contributed by atoms with Gasteiger partial charge >= 0.3 is 0 Å². The summed E-state index contributed by atoms with van der Waals surface area (Å²) in [7, 11) is 0. The molecule has 1 amide bonds. The van der Waals surface area contributed by atoms with Crippen molar-refractivity contribution < 1.29 is 14.1 Å². The van der Waals surface area contributed by atoms with Gasteiger partial charge in [0, 0.05) is 13.1 Å². The van der Waals surface area contributed by atoms with Gasteiger partial charge in [0.05, 0.1) is 11.8 Å². The molecule has 0 N–H and O–H groups in total. The van der Waals surface area contributed by atoms with E-state index in [2.05, 4.69) is 10.1 Å². The Kier molecular flexibility index (Phi) is 3.91. The van der Waals surface area contributed by atoms with E-state index < -0.39 is 0 Å². The van der Waals surface area contributed by atoms with E-state index in [1.807, 2.05) is 35.2 Å². The quantitative estimate of drug-likeness (QED) is 0.826. The van der Waals surface area contributed by atoms with Crippen LogP contribution in [0.5, 0.6) is 5.75 Å². The highest BCUT2D eigenvalue weighted by Gasteiger charge is 2.54. The first-order chi connectivity index (χ1) is 12.8. The molecule has 2 saturated carbocycles. The van der Waals surface area contributed by atoms with Crippen LogP contribution in [0.2, 0.25) is 0 Å². The number of aromatic nitrogens is 2. The summed E-state index contributed by atoms with van der Waals surface area (Å²) in [5.74, 6) is 3.34. The fourth-order valence-corrected chi connectivity index (χ4v) is 4.88. The van der Waals surface area contributed by atoms with Crippen LogP contribution in [0.1, 0.15) is 43.3 Å². The predicted octanol–water partition coefficient (Wildman–Crippen LogP) is 3.01. The van der Waals surface area contributed by atoms with Crippen molar-refractivity contribution >= 4 is 5.91 Å². The molecular formula is C20H23N3O3. The molecule has 1 aromatic heterocycles. The summed E-state index contributed by atoms with van der Waals surface area (Å²) in [4.78, 5) is 19.5. The second-order valence-electron chi connectivity index (χ2n) is 7.71. The van der Waals surface area contributed by atoms with Crippen LogP contribution in [0.25, 0.3) is 0 Å². The highest BCUT2D eigenvalue weighted by molar-refractivity contribution is 5.81. The van der Waals surface area contributed by atoms with Crippen LogP contribution in [-0.4, -0.2) is 34.0 Å². The van der Waals surface area contributed by atoms with Crippen LogP contribution in [-0.2, 0) is 11.4 Å². The predicted molar refractivity (Wildman–Crippen MR) is 93.3 cm³/mol. The number of benzene rings is 1. The molecule has 0 unspecified atom stereocenters. The maximum atomic E-state index is 12.9. The molecule has 2 heterocycles. The third-order valence-corrected chi connectivity index (χ3v) is 6.25. The Balaban J connectivity index is 1.32. The van der Waals surface area contributed by atoms with E-state index in [4.69, 9.17) is 9.26 Å². The Hall–Kier alpha value is -2.37. The van der Waals surface area contributed by atoms with Crippen LogP contribution in [0.3, 0.4) is 0 Å². The number of para-hydroxylation sites is 1. The summed E-state index contributed by atoms with van der Waals surface area (Å²) in [6, 6.07) is 9.61. The minimum Gasteiger partial charge on any atom is -0.485 e. The lowest BCUT2D eigenvalue weighted by molar-refractivity contribution is -0.141. The lowest BCUT2D eigenvalue weighted by Crippen LogP contribution is -2.47. The molecule has 3 fully saturated rings. The Bertz CT molecular complexity index is 787. The zero-order valence-corrected chi connectivity index (χ0v) is 14.7. The van der Waals surface area contributed by atoms with Crippen molar-refractivity contribution in [1.82, 2.24) is 15.0 Å². The molecule has 5 rings (SSSR count). The van der Waals surface area contributed by atoms with Gasteiger partial charge in [0.25, 0.3) is 0 Å². The van der Waals surface area contributed by atoms with Gasteiger partial charge in [-0.25, -0.2) is 0 Å². The van der Waals surface area contributed by atoms with Crippen molar-refractivity contribution in [3.05, 3.63) is 42.0 Å². The van der Waals surface area contributed by atoms with Crippen molar-refractivity contribution in [2.24, 2.45) is 17.8 Å². The van der Waals surface area contributed by atoms with Gasteiger partial charge in [-0.15, -0.1) is 0 Å². The van der Waals surface area contributed by atoms with Crippen LogP contribution in [0.15, 0.2) is 34.9 Å². The molecule has 6 heteroatoms. The van der Waals surface area contributed by atoms with E-state index in [1.165, 1.54) is 0 Å². The van der Waals surface area contributed by atoms with Gasteiger partial charge in [-0.2, -0.15) is 4.98 Å². The largest absolute Gasteiger partial charge is 0.485 e. The average molecular weight is 353 g/mol. The summed E-state index contributed by atoms with van der Waals surface area (Å²) in [6.07, 6.45) is 4.56. The van der Waals surface area contributed by atoms with Gasteiger partial charge in [0.2, 0.25) is 17.6 Å². The fourth-order valence-electron chi connectivity index (χ4n) is 4.88. The Labute approximate surface area is 152 Å². The number of ether oxygens (including phenoxy) is 1. The number of hydrogen-bond donors (Lipinski definition) is 0. The summed E-state index contributed by atoms with van der Waals surface area (Å²) in [5.41, 5.74) is 0. The molecule has 2 aromatic rings. The molecule has 1 saturated heterocycles. The molecule has 3 aliphatic rings. The number of carbonyl (C=O) groups is 1. The SMILES string of the molecule is O=C([C@H]1[C@H]2CC[C@H](C2)[C@@H]1c1nc(COc2ccccc2)no1)N1CCC1. The highest BCUT2D eigenvalue weighted by atomic mass is 16.5. The first kappa shape index (κ1) is 15.9. The van der Waals surface area contributed by atoms with Crippen LogP contribution in [0, 0.1) is 17.8 Å². The number of hydrogen-bond acceptors (Lipinski definition) is 5. The van der Waals surface area contributed by atoms with E-state index >= 15 is 0 Å². The summed E-state index contributed by atoms with van der Waals surface area (Å²) >= 11 is 0. The van der Waals surface area contributed by atoms with Gasteiger partial charge in [-0.1, -0.05) is 23.4 Å². The Morgan fingerprint density at radius 1 is 1.19 bits per heavy atom. The number of carbonyl (C=O) groups excluding carboxylic acids is 1. The smallest absolute Gasteiger partial charge is 0.230 e. The van der Waals surface area contributed by atoms with E-state index in [0.717, 1.165) is 44.5 Å². The molecule has 0 radical (unpaired) electrons. The third-order valence-electron chi connectivity index (χ3n) is 6.25. The zero-order chi connectivity index (χ0) is 17.5. The first-order valence-corrected chi connectivity index (χ1v) is 9.59. The van der Waals surface area contributed by atoms with Gasteiger partial charge < -0.3 is 14.2 Å². The van der Waals surface area contributed by atoms with Gasteiger partial charge in [0.15, 0.2) is 6.61 Å². The van der Waals surface area contributed by atoms with E-state index in [9.17, 15) is 4.79 Å². The number of likely N-dealkylation sites (tertiary alicyclic amines) is 1. The molecule has 1 aliphatic heterocycles. The molecule has 2 bridgehead atoms. The van der Waals surface area contributed by atoms with Gasteiger partial charge in [-0.3, -0.25) is 4.79 Å². The first-order valence-electron chi connectivity index (χ1n) is 9.59. The van der Waals surface area contributed by atoms with E-state index in [1.54, 1.807) is 0 Å². The number of rotatable bonds is 5. The molecule has 4 atom stereocenters. The van der Waals surface area contributed by atoms with E-state index in [0.29, 0.717) is 29.5 Å². The summed E-state index contributed by atoms with van der Waals surface area (Å²) < 4.78 is 11.3.